The van der Waals surface area contributed by atoms with E-state index in [1.54, 1.807) is 0 Å². The van der Waals surface area contributed by atoms with Gasteiger partial charge in [0.25, 0.3) is 0 Å². The average Bonchev–Trinajstić information content (AvgIpc) is 3.63. The van der Waals surface area contributed by atoms with Gasteiger partial charge in [0.05, 0.1) is 0 Å². The minimum Gasteiger partial charge on any atom is -0.435 e. The van der Waals surface area contributed by atoms with E-state index in [0.717, 1.165) is 60.8 Å². The van der Waals surface area contributed by atoms with Gasteiger partial charge in [0.2, 0.25) is 5.89 Å². The van der Waals surface area contributed by atoms with Crippen LogP contribution in [0, 0.1) is 0 Å². The van der Waals surface area contributed by atoms with Gasteiger partial charge in [-0.1, -0.05) is 102 Å². The van der Waals surface area contributed by atoms with E-state index < -0.39 is 0 Å². The van der Waals surface area contributed by atoms with Crippen LogP contribution in [-0.2, 0) is 0 Å². The Morgan fingerprint density at radius 2 is 0.974 bits per heavy atom. The molecule has 0 spiro atoms. The molecule has 6 aromatic carbocycles. The second kappa shape index (κ2) is 8.15. The maximum absolute atomic E-state index is 6.39. The number of para-hydroxylation sites is 1. The van der Waals surface area contributed by atoms with Gasteiger partial charge in [-0.25, -0.2) is 4.98 Å². The first-order chi connectivity index (χ1) is 18.8. The Balaban J connectivity index is 1.16. The van der Waals surface area contributed by atoms with Crippen molar-refractivity contribution >= 4 is 43.6 Å². The summed E-state index contributed by atoms with van der Waals surface area (Å²) in [6, 6.07) is 41.4. The van der Waals surface area contributed by atoms with Crippen LogP contribution in [-0.4, -0.2) is 10.1 Å². The summed E-state index contributed by atoms with van der Waals surface area (Å²) < 4.78 is 11.9. The first kappa shape index (κ1) is 20.9. The van der Waals surface area contributed by atoms with Gasteiger partial charge >= 0.3 is 0 Å². The van der Waals surface area contributed by atoms with Crippen LogP contribution >= 0.6 is 0 Å². The highest BCUT2D eigenvalue weighted by Gasteiger charge is 2.16. The number of benzene rings is 6. The smallest absolute Gasteiger partial charge is 0.227 e. The summed E-state index contributed by atoms with van der Waals surface area (Å²) in [5.74, 6) is 0.626. The van der Waals surface area contributed by atoms with Crippen molar-refractivity contribution in [2.24, 2.45) is 0 Å². The molecular formula is C34H20N2O2. The first-order valence-electron chi connectivity index (χ1n) is 12.6. The maximum Gasteiger partial charge on any atom is 0.227 e. The Bertz CT molecular complexity index is 2040. The van der Waals surface area contributed by atoms with Crippen molar-refractivity contribution in [1.29, 1.82) is 0 Å². The van der Waals surface area contributed by atoms with Crippen molar-refractivity contribution in [3.05, 3.63) is 121 Å². The van der Waals surface area contributed by atoms with Crippen molar-refractivity contribution in [1.82, 2.24) is 10.1 Å². The second-order valence-electron chi connectivity index (χ2n) is 9.47. The van der Waals surface area contributed by atoms with Crippen LogP contribution in [0.2, 0.25) is 0 Å². The van der Waals surface area contributed by atoms with E-state index in [2.05, 4.69) is 96.2 Å². The highest BCUT2D eigenvalue weighted by molar-refractivity contribution is 6.22. The van der Waals surface area contributed by atoms with Crippen molar-refractivity contribution in [2.45, 2.75) is 0 Å². The molecule has 178 valence electrons. The molecule has 4 heteroatoms. The minimum absolute atomic E-state index is 0.626. The highest BCUT2D eigenvalue weighted by atomic mass is 16.5. The second-order valence-corrected chi connectivity index (χ2v) is 9.47. The molecule has 4 nitrogen and oxygen atoms in total. The number of oxazole rings is 1. The van der Waals surface area contributed by atoms with Gasteiger partial charge in [-0.15, -0.1) is 0 Å². The Morgan fingerprint density at radius 3 is 1.68 bits per heavy atom. The molecular weight excluding hydrogens is 468 g/mol. The van der Waals surface area contributed by atoms with Crippen LogP contribution < -0.4 is 0 Å². The SMILES string of the molecule is c1ccc2c(-c3ccc(-c4ccc(-c5nc6c7ccccc7c7ccccc7c6o5)cc4)cc3)noc2c1. The number of hydrogen-bond acceptors (Lipinski definition) is 4. The molecule has 0 amide bonds. The third-order valence-corrected chi connectivity index (χ3v) is 7.27. The molecule has 0 radical (unpaired) electrons. The quantitative estimate of drug-likeness (QED) is 0.233. The molecule has 8 aromatic rings. The van der Waals surface area contributed by atoms with Gasteiger partial charge in [-0.2, -0.15) is 0 Å². The lowest BCUT2D eigenvalue weighted by Gasteiger charge is -2.04. The predicted octanol–water partition coefficient (Wildman–Crippen LogP) is 9.28. The van der Waals surface area contributed by atoms with E-state index in [1.165, 1.54) is 10.8 Å². The third-order valence-electron chi connectivity index (χ3n) is 7.27. The molecule has 2 aromatic heterocycles. The number of fused-ring (bicyclic) bond motifs is 7. The lowest BCUT2D eigenvalue weighted by Crippen LogP contribution is -1.83. The van der Waals surface area contributed by atoms with Crippen molar-refractivity contribution in [2.75, 3.05) is 0 Å². The van der Waals surface area contributed by atoms with Crippen molar-refractivity contribution in [3.8, 4) is 33.8 Å². The summed E-state index contributed by atoms with van der Waals surface area (Å²) in [4.78, 5) is 4.95. The maximum atomic E-state index is 6.39. The lowest BCUT2D eigenvalue weighted by molar-refractivity contribution is 0.459. The largest absolute Gasteiger partial charge is 0.435 e. The number of aromatic nitrogens is 2. The van der Waals surface area contributed by atoms with Crippen LogP contribution in [0.25, 0.3) is 77.5 Å². The van der Waals surface area contributed by atoms with Crippen LogP contribution in [0.1, 0.15) is 0 Å². The fourth-order valence-corrected chi connectivity index (χ4v) is 5.37. The molecule has 0 aliphatic rings. The fourth-order valence-electron chi connectivity index (χ4n) is 5.37. The number of nitrogens with zero attached hydrogens (tertiary/aromatic N) is 2. The molecule has 0 atom stereocenters. The van der Waals surface area contributed by atoms with E-state index >= 15 is 0 Å². The van der Waals surface area contributed by atoms with Crippen molar-refractivity contribution in [3.63, 3.8) is 0 Å². The summed E-state index contributed by atoms with van der Waals surface area (Å²) in [6.07, 6.45) is 0. The molecule has 8 rings (SSSR count). The van der Waals surface area contributed by atoms with Crippen LogP contribution in [0.4, 0.5) is 0 Å². The van der Waals surface area contributed by atoms with Crippen LogP contribution in [0.3, 0.4) is 0 Å². The standard InChI is InChI=1S/C34H20N2O2/c1-3-9-27-25(7-1)26-8-2-4-10-28(26)33-32(27)35-34(37-33)24-19-15-22(16-20-24)21-13-17-23(18-14-21)31-29-11-5-6-12-30(29)38-36-31/h1-20H. The third kappa shape index (κ3) is 3.17. The summed E-state index contributed by atoms with van der Waals surface area (Å²) in [7, 11) is 0. The van der Waals surface area contributed by atoms with E-state index in [4.69, 9.17) is 13.9 Å². The predicted molar refractivity (Wildman–Crippen MR) is 153 cm³/mol. The topological polar surface area (TPSA) is 52.1 Å². The van der Waals surface area contributed by atoms with E-state index in [-0.39, 0.29) is 0 Å². The minimum atomic E-state index is 0.626. The van der Waals surface area contributed by atoms with Gasteiger partial charge in [0.15, 0.2) is 11.2 Å². The molecule has 38 heavy (non-hydrogen) atoms. The van der Waals surface area contributed by atoms with E-state index in [9.17, 15) is 0 Å². The zero-order chi connectivity index (χ0) is 25.1. The fraction of sp³-hybridized carbons (Fsp3) is 0. The molecule has 2 heterocycles. The molecule has 0 bridgehead atoms. The normalized spacial score (nSPS) is 11.7. The summed E-state index contributed by atoms with van der Waals surface area (Å²) >= 11 is 0. The molecule has 0 saturated heterocycles. The highest BCUT2D eigenvalue weighted by Crippen LogP contribution is 2.37. The zero-order valence-corrected chi connectivity index (χ0v) is 20.3. The molecule has 0 saturated carbocycles. The Hall–Kier alpha value is -5.22. The molecule has 0 unspecified atom stereocenters. The summed E-state index contributed by atoms with van der Waals surface area (Å²) in [6.45, 7) is 0. The zero-order valence-electron chi connectivity index (χ0n) is 20.3. The van der Waals surface area contributed by atoms with E-state index in [1.807, 2.05) is 30.3 Å². The van der Waals surface area contributed by atoms with Gasteiger partial charge < -0.3 is 8.94 Å². The Labute approximate surface area is 217 Å². The number of hydrogen-bond donors (Lipinski definition) is 0. The number of rotatable bonds is 3. The first-order valence-corrected chi connectivity index (χ1v) is 12.6. The lowest BCUT2D eigenvalue weighted by atomic mass is 10.0. The van der Waals surface area contributed by atoms with Gasteiger partial charge in [-0.3, -0.25) is 0 Å². The van der Waals surface area contributed by atoms with Crippen LogP contribution in [0.5, 0.6) is 0 Å². The van der Waals surface area contributed by atoms with E-state index in [0.29, 0.717) is 5.89 Å². The summed E-state index contributed by atoms with van der Waals surface area (Å²) in [5.41, 5.74) is 7.61. The van der Waals surface area contributed by atoms with Gasteiger partial charge in [0.1, 0.15) is 11.2 Å². The Morgan fingerprint density at radius 1 is 0.447 bits per heavy atom. The monoisotopic (exact) mass is 488 g/mol. The average molecular weight is 489 g/mol. The molecule has 0 fully saturated rings. The Kier molecular flexibility index (Phi) is 4.49. The molecule has 0 N–H and O–H groups in total. The molecule has 0 aliphatic heterocycles. The van der Waals surface area contributed by atoms with Crippen LogP contribution in [0.15, 0.2) is 130 Å². The van der Waals surface area contributed by atoms with Gasteiger partial charge in [-0.05, 0) is 46.2 Å². The van der Waals surface area contributed by atoms with Crippen molar-refractivity contribution < 1.29 is 8.94 Å². The summed E-state index contributed by atoms with van der Waals surface area (Å²) in [5, 5.41) is 9.84. The van der Waals surface area contributed by atoms with Gasteiger partial charge in [0, 0.05) is 27.3 Å². The molecule has 0 aliphatic carbocycles.